The van der Waals surface area contributed by atoms with E-state index in [-0.39, 0.29) is 27.2 Å². The minimum absolute atomic E-state index is 0.0610. The number of allylic oxidation sites excluding steroid dienone is 3. The van der Waals surface area contributed by atoms with E-state index >= 15 is 0 Å². The van der Waals surface area contributed by atoms with Gasteiger partial charge in [-0.1, -0.05) is 46.9 Å². The largest absolute Gasteiger partial charge is 0.435 e. The molecule has 0 radical (unpaired) electrons. The molecule has 0 amide bonds. The Kier molecular flexibility index (Phi) is 6.92. The van der Waals surface area contributed by atoms with E-state index in [2.05, 4.69) is 5.16 Å². The number of epoxide rings is 1. The molecule has 4 atom stereocenters. The summed E-state index contributed by atoms with van der Waals surface area (Å²) in [5.74, 6) is 6.06. The second kappa shape index (κ2) is 9.11. The number of hydrogen-bond acceptors (Lipinski definition) is 6. The third kappa shape index (κ3) is 5.31. The lowest BCUT2D eigenvalue weighted by Gasteiger charge is -2.30. The number of rotatable bonds is 5. The Bertz CT molecular complexity index is 1100. The summed E-state index contributed by atoms with van der Waals surface area (Å²) < 4.78 is 54.4. The number of nitrogens with two attached hydrogens (primary N) is 1. The van der Waals surface area contributed by atoms with Crippen LogP contribution in [0.2, 0.25) is 10.0 Å². The third-order valence-corrected chi connectivity index (χ3v) is 6.85. The van der Waals surface area contributed by atoms with Gasteiger partial charge in [0.05, 0.1) is 17.0 Å². The average Bonchev–Trinajstić information content (AvgIpc) is 3.29. The fourth-order valence-corrected chi connectivity index (χ4v) is 4.84. The minimum Gasteiger partial charge on any atom is -0.374 e. The van der Waals surface area contributed by atoms with E-state index in [9.17, 15) is 13.2 Å². The van der Waals surface area contributed by atoms with Gasteiger partial charge < -0.3 is 14.3 Å². The van der Waals surface area contributed by atoms with Crippen LogP contribution in [0.15, 0.2) is 45.7 Å². The number of benzene rings is 1. The molecule has 2 aliphatic heterocycles. The van der Waals surface area contributed by atoms with Gasteiger partial charge >= 0.3 is 6.18 Å². The first-order chi connectivity index (χ1) is 16.1. The summed E-state index contributed by atoms with van der Waals surface area (Å²) in [6.45, 7) is 7.51. The van der Waals surface area contributed by atoms with Crippen molar-refractivity contribution in [2.75, 3.05) is 0 Å². The summed E-state index contributed by atoms with van der Waals surface area (Å²) >= 11 is 18.5. The van der Waals surface area contributed by atoms with Crippen molar-refractivity contribution < 1.29 is 27.5 Å². The highest BCUT2D eigenvalue weighted by molar-refractivity contribution is 6.34. The van der Waals surface area contributed by atoms with Crippen LogP contribution in [0.25, 0.3) is 0 Å². The summed E-state index contributed by atoms with van der Waals surface area (Å²) in [6, 6.07) is 3.71. The number of hydrazine groups is 1. The van der Waals surface area contributed by atoms with Crippen molar-refractivity contribution in [2.45, 2.75) is 70.4 Å². The van der Waals surface area contributed by atoms with Gasteiger partial charge in [-0.3, -0.25) is 5.01 Å². The van der Waals surface area contributed by atoms with Crippen molar-refractivity contribution in [3.8, 4) is 0 Å². The van der Waals surface area contributed by atoms with Crippen LogP contribution < -0.4 is 5.84 Å². The van der Waals surface area contributed by atoms with Gasteiger partial charge in [-0.2, -0.15) is 13.2 Å². The van der Waals surface area contributed by atoms with Crippen molar-refractivity contribution in [3.05, 3.63) is 56.2 Å². The third-order valence-electron chi connectivity index (χ3n) is 5.85. The van der Waals surface area contributed by atoms with E-state index in [1.54, 1.807) is 6.08 Å². The Hall–Kier alpha value is -1.49. The maximum absolute atomic E-state index is 14.3. The normalized spacial score (nSPS) is 29.1. The molecule has 2 N–H and O–H groups in total. The molecule has 0 bridgehead atoms. The standard InChI is InChI=1S/C23H25Cl3F3N3O3/c1-11-5-12(6-17(18(11)26)32(30)19-20(33-19)34-21(2,3)4)16-10-22(35-31-16,23(27,28)29)13-7-14(24)9-15(25)8-13/h6-9,11,19-20H,5,10,30H2,1-4H3. The monoisotopic (exact) mass is 553 g/mol. The van der Waals surface area contributed by atoms with Crippen LogP contribution in [0.4, 0.5) is 13.2 Å². The summed E-state index contributed by atoms with van der Waals surface area (Å²) in [5.41, 5.74) is -2.31. The first-order valence-electron chi connectivity index (χ1n) is 10.9. The second-order valence-electron chi connectivity index (χ2n) is 9.83. The summed E-state index contributed by atoms with van der Waals surface area (Å²) in [5, 5.41) is 5.77. The number of oxime groups is 1. The number of halogens is 6. The maximum Gasteiger partial charge on any atom is 0.435 e. The molecule has 4 rings (SSSR count). The van der Waals surface area contributed by atoms with E-state index in [1.807, 2.05) is 27.7 Å². The Balaban J connectivity index is 1.61. The van der Waals surface area contributed by atoms with Gasteiger partial charge in [0.15, 0.2) is 6.23 Å². The fourth-order valence-electron chi connectivity index (χ4n) is 4.09. The SMILES string of the molecule is CC1CC(C2=NOC(c3cc(Cl)cc(Cl)c3)(C(F)(F)F)C2)=CC(N(N)C2OC2OC(C)(C)C)=C1Cl. The number of hydrogen-bond donors (Lipinski definition) is 1. The van der Waals surface area contributed by atoms with Crippen LogP contribution >= 0.6 is 34.8 Å². The quantitative estimate of drug-likeness (QED) is 0.252. The molecule has 0 saturated carbocycles. The molecule has 35 heavy (non-hydrogen) atoms. The molecule has 1 aromatic rings. The predicted octanol–water partition coefficient (Wildman–Crippen LogP) is 6.62. The molecular weight excluding hydrogens is 530 g/mol. The van der Waals surface area contributed by atoms with E-state index in [0.29, 0.717) is 22.7 Å². The molecule has 0 spiro atoms. The molecule has 12 heteroatoms. The Morgan fingerprint density at radius 2 is 1.77 bits per heavy atom. The molecule has 1 aliphatic carbocycles. The van der Waals surface area contributed by atoms with Crippen LogP contribution in [-0.4, -0.2) is 35.0 Å². The van der Waals surface area contributed by atoms with Gasteiger partial charge in [0.1, 0.15) is 0 Å². The average molecular weight is 555 g/mol. The molecule has 6 nitrogen and oxygen atoms in total. The molecule has 0 aromatic heterocycles. The van der Waals surface area contributed by atoms with Gasteiger partial charge in [-0.25, -0.2) is 5.84 Å². The highest BCUT2D eigenvalue weighted by atomic mass is 35.5. The summed E-state index contributed by atoms with van der Waals surface area (Å²) in [4.78, 5) is 5.12. The van der Waals surface area contributed by atoms with Crippen molar-refractivity contribution in [1.29, 1.82) is 0 Å². The Labute approximate surface area is 216 Å². The fraction of sp³-hybridized carbons (Fsp3) is 0.522. The van der Waals surface area contributed by atoms with Gasteiger partial charge in [0, 0.05) is 27.1 Å². The summed E-state index contributed by atoms with van der Waals surface area (Å²) in [7, 11) is 0. The topological polar surface area (TPSA) is 72.6 Å². The highest BCUT2D eigenvalue weighted by Gasteiger charge is 2.62. The first kappa shape index (κ1) is 26.6. The smallest absolute Gasteiger partial charge is 0.374 e. The lowest BCUT2D eigenvalue weighted by Crippen LogP contribution is -2.43. The molecular formula is C23H25Cl3F3N3O3. The lowest BCUT2D eigenvalue weighted by molar-refractivity contribution is -0.275. The second-order valence-corrected chi connectivity index (χ2v) is 11.1. The zero-order valence-electron chi connectivity index (χ0n) is 19.4. The van der Waals surface area contributed by atoms with Gasteiger partial charge in [-0.05, 0) is 63.0 Å². The maximum atomic E-state index is 14.3. The molecule has 192 valence electrons. The lowest BCUT2D eigenvalue weighted by atomic mass is 9.83. The van der Waals surface area contributed by atoms with Crippen LogP contribution in [-0.2, 0) is 19.9 Å². The van der Waals surface area contributed by atoms with Crippen molar-refractivity contribution in [2.24, 2.45) is 16.9 Å². The first-order valence-corrected chi connectivity index (χ1v) is 12.0. The molecule has 2 heterocycles. The molecule has 4 unspecified atom stereocenters. The van der Waals surface area contributed by atoms with E-state index < -0.39 is 36.3 Å². The number of ether oxygens (including phenoxy) is 2. The van der Waals surface area contributed by atoms with Gasteiger partial charge in [0.2, 0.25) is 6.29 Å². The molecule has 1 aromatic carbocycles. The number of alkyl halides is 3. The zero-order chi connectivity index (χ0) is 25.9. The van der Waals surface area contributed by atoms with Crippen molar-refractivity contribution in [1.82, 2.24) is 5.01 Å². The Morgan fingerprint density at radius 1 is 1.14 bits per heavy atom. The number of nitrogens with zero attached hydrogens (tertiary/aromatic N) is 2. The van der Waals surface area contributed by atoms with Crippen LogP contribution in [0.3, 0.4) is 0 Å². The van der Waals surface area contributed by atoms with Crippen LogP contribution in [0.5, 0.6) is 0 Å². The summed E-state index contributed by atoms with van der Waals surface area (Å²) in [6.07, 6.45) is -4.50. The van der Waals surface area contributed by atoms with Gasteiger partial charge in [0.25, 0.3) is 5.60 Å². The zero-order valence-corrected chi connectivity index (χ0v) is 21.7. The van der Waals surface area contributed by atoms with Crippen molar-refractivity contribution in [3.63, 3.8) is 0 Å². The van der Waals surface area contributed by atoms with Gasteiger partial charge in [-0.15, -0.1) is 0 Å². The van der Waals surface area contributed by atoms with E-state index in [4.69, 9.17) is 55.0 Å². The van der Waals surface area contributed by atoms with E-state index in [1.165, 1.54) is 23.2 Å². The van der Waals surface area contributed by atoms with E-state index in [0.717, 1.165) is 0 Å². The predicted molar refractivity (Wildman–Crippen MR) is 128 cm³/mol. The Morgan fingerprint density at radius 3 is 2.34 bits per heavy atom. The molecule has 1 saturated heterocycles. The van der Waals surface area contributed by atoms with Crippen molar-refractivity contribution >= 4 is 40.5 Å². The molecule has 3 aliphatic rings. The minimum atomic E-state index is -4.79. The highest BCUT2D eigenvalue weighted by Crippen LogP contribution is 2.51. The van der Waals surface area contributed by atoms with Crippen LogP contribution in [0, 0.1) is 5.92 Å². The molecule has 1 fully saturated rings. The van der Waals surface area contributed by atoms with Crippen LogP contribution in [0.1, 0.15) is 46.1 Å².